The number of unbranched alkanes of at least 4 members (excludes halogenated alkanes) is 1. The molecule has 210 valence electrons. The van der Waals surface area contributed by atoms with Crippen LogP contribution in [0.2, 0.25) is 0 Å². The van der Waals surface area contributed by atoms with Gasteiger partial charge in [0.1, 0.15) is 12.4 Å². The third kappa shape index (κ3) is 7.71. The van der Waals surface area contributed by atoms with Crippen LogP contribution in [0.1, 0.15) is 96.9 Å². The third-order valence-electron chi connectivity index (χ3n) is 6.75. The molecule has 0 saturated carbocycles. The molecule has 0 unspecified atom stereocenters. The van der Waals surface area contributed by atoms with E-state index >= 15 is 0 Å². The Balaban J connectivity index is 1.86. The third-order valence-corrected chi connectivity index (χ3v) is 6.75. The van der Waals surface area contributed by atoms with Crippen molar-refractivity contribution in [2.45, 2.75) is 85.5 Å². The van der Waals surface area contributed by atoms with Gasteiger partial charge in [0.2, 0.25) is 5.91 Å². The van der Waals surface area contributed by atoms with E-state index in [4.69, 9.17) is 5.10 Å². The first-order valence-electron chi connectivity index (χ1n) is 14.1. The molecule has 7 heteroatoms. The van der Waals surface area contributed by atoms with E-state index in [1.165, 1.54) is 0 Å². The molecule has 0 radical (unpaired) electrons. The number of para-hydroxylation sites is 2. The van der Waals surface area contributed by atoms with Crippen LogP contribution in [-0.2, 0) is 10.2 Å². The lowest BCUT2D eigenvalue weighted by Crippen LogP contribution is -2.41. The van der Waals surface area contributed by atoms with E-state index in [1.807, 2.05) is 42.5 Å². The molecule has 39 heavy (non-hydrogen) atoms. The summed E-state index contributed by atoms with van der Waals surface area (Å²) in [5.41, 5.74) is 4.58. The molecule has 0 atom stereocenters. The zero-order chi connectivity index (χ0) is 28.7. The monoisotopic (exact) mass is 531 g/mol. The summed E-state index contributed by atoms with van der Waals surface area (Å²) in [6.45, 7) is 17.3. The smallest absolute Gasteiger partial charge is 0.315 e. The van der Waals surface area contributed by atoms with Crippen LogP contribution in [-0.4, -0.2) is 39.7 Å². The minimum Gasteiger partial charge on any atom is -0.315 e. The Morgan fingerprint density at radius 2 is 1.54 bits per heavy atom. The van der Waals surface area contributed by atoms with Gasteiger partial charge in [0.05, 0.1) is 11.4 Å². The van der Waals surface area contributed by atoms with E-state index in [2.05, 4.69) is 78.2 Å². The van der Waals surface area contributed by atoms with E-state index in [0.29, 0.717) is 12.4 Å². The number of benzene rings is 2. The largest absolute Gasteiger partial charge is 0.322 e. The summed E-state index contributed by atoms with van der Waals surface area (Å²) in [5, 5.41) is 11.0. The van der Waals surface area contributed by atoms with Gasteiger partial charge >= 0.3 is 6.03 Å². The lowest BCUT2D eigenvalue weighted by atomic mass is 9.92. The lowest BCUT2D eigenvalue weighted by Gasteiger charge is -2.26. The summed E-state index contributed by atoms with van der Waals surface area (Å²) in [6, 6.07) is 17.6. The fraction of sp³-hybridized carbons (Fsp3) is 0.469. The van der Waals surface area contributed by atoms with Crippen LogP contribution in [0, 0.1) is 0 Å². The first kappa shape index (κ1) is 29.9. The topological polar surface area (TPSA) is 79.3 Å². The van der Waals surface area contributed by atoms with Crippen molar-refractivity contribution in [1.29, 1.82) is 0 Å². The SMILES string of the molecule is CCCCN(CC(=O)Nc1cc(C(C)(C)C)nn1-c1ccccc1)C(=O)Nc1c(C(C)C)cccc1C(C)C. The molecule has 0 spiro atoms. The van der Waals surface area contributed by atoms with E-state index < -0.39 is 0 Å². The van der Waals surface area contributed by atoms with Gasteiger partial charge in [0.15, 0.2) is 0 Å². The highest BCUT2D eigenvalue weighted by Crippen LogP contribution is 2.32. The molecule has 3 aromatic rings. The molecule has 3 rings (SSSR count). The van der Waals surface area contributed by atoms with E-state index in [1.54, 1.807) is 9.58 Å². The fourth-order valence-electron chi connectivity index (χ4n) is 4.44. The van der Waals surface area contributed by atoms with Crippen molar-refractivity contribution in [3.8, 4) is 5.69 Å². The zero-order valence-electron chi connectivity index (χ0n) is 24.8. The Morgan fingerprint density at radius 1 is 0.923 bits per heavy atom. The molecule has 0 aliphatic rings. The number of rotatable bonds is 10. The second-order valence-corrected chi connectivity index (χ2v) is 11.8. The number of anilines is 2. The van der Waals surface area contributed by atoms with Gasteiger partial charge < -0.3 is 15.5 Å². The van der Waals surface area contributed by atoms with Gasteiger partial charge in [-0.2, -0.15) is 5.10 Å². The number of amides is 3. The number of hydrogen-bond acceptors (Lipinski definition) is 3. The molecule has 2 N–H and O–H groups in total. The molecule has 1 heterocycles. The molecule has 7 nitrogen and oxygen atoms in total. The Hall–Kier alpha value is -3.61. The van der Waals surface area contributed by atoms with Crippen LogP contribution in [0.15, 0.2) is 54.6 Å². The normalized spacial score (nSPS) is 11.6. The summed E-state index contributed by atoms with van der Waals surface area (Å²) in [4.78, 5) is 28.6. The number of hydrogen-bond donors (Lipinski definition) is 2. The Morgan fingerprint density at radius 3 is 2.08 bits per heavy atom. The van der Waals surface area contributed by atoms with Crippen molar-refractivity contribution in [2.75, 3.05) is 23.7 Å². The highest BCUT2D eigenvalue weighted by molar-refractivity contribution is 5.97. The molecule has 1 aromatic heterocycles. The standard InChI is InChI=1S/C32H45N5O2/c1-9-10-19-36(31(39)34-30-25(22(2)3)17-14-18-26(30)23(4)5)21-29(38)33-28-20-27(32(6,7)8)35-37(28)24-15-12-11-13-16-24/h11-18,20,22-23H,9-10,19,21H2,1-8H3,(H,33,38)(H,34,39). The number of carbonyl (C=O) groups excluding carboxylic acids is 2. The molecule has 3 amide bonds. The number of urea groups is 1. The molecular formula is C32H45N5O2. The van der Waals surface area contributed by atoms with Crippen molar-refractivity contribution in [2.24, 2.45) is 0 Å². The quantitative estimate of drug-likeness (QED) is 0.281. The highest BCUT2D eigenvalue weighted by atomic mass is 16.2. The van der Waals surface area contributed by atoms with Crippen LogP contribution in [0.5, 0.6) is 0 Å². The summed E-state index contributed by atoms with van der Waals surface area (Å²) >= 11 is 0. The van der Waals surface area contributed by atoms with Crippen LogP contribution in [0.25, 0.3) is 5.69 Å². The zero-order valence-corrected chi connectivity index (χ0v) is 24.8. The van der Waals surface area contributed by atoms with Crippen molar-refractivity contribution in [1.82, 2.24) is 14.7 Å². The maximum Gasteiger partial charge on any atom is 0.322 e. The van der Waals surface area contributed by atoms with Crippen molar-refractivity contribution >= 4 is 23.4 Å². The van der Waals surface area contributed by atoms with Crippen molar-refractivity contribution in [3.05, 3.63) is 71.4 Å². The van der Waals surface area contributed by atoms with Gasteiger partial charge in [-0.05, 0) is 41.5 Å². The van der Waals surface area contributed by atoms with Gasteiger partial charge in [0.25, 0.3) is 0 Å². The molecule has 0 bridgehead atoms. The van der Waals surface area contributed by atoms with Crippen LogP contribution in [0.3, 0.4) is 0 Å². The molecule has 0 aliphatic carbocycles. The fourth-order valence-corrected chi connectivity index (χ4v) is 4.44. The van der Waals surface area contributed by atoms with Crippen molar-refractivity contribution in [3.63, 3.8) is 0 Å². The maximum absolute atomic E-state index is 13.6. The Labute approximate surface area is 234 Å². The maximum atomic E-state index is 13.6. The number of carbonyl (C=O) groups is 2. The predicted octanol–water partition coefficient (Wildman–Crippen LogP) is 7.69. The summed E-state index contributed by atoms with van der Waals surface area (Å²) < 4.78 is 1.75. The van der Waals surface area contributed by atoms with Crippen molar-refractivity contribution < 1.29 is 9.59 Å². The molecule has 0 fully saturated rings. The first-order valence-corrected chi connectivity index (χ1v) is 14.1. The minimum absolute atomic E-state index is 0.0580. The first-order chi connectivity index (χ1) is 18.4. The molecule has 0 saturated heterocycles. The number of nitrogens with zero attached hydrogens (tertiary/aromatic N) is 3. The van der Waals surface area contributed by atoms with Crippen LogP contribution in [0.4, 0.5) is 16.3 Å². The average molecular weight is 532 g/mol. The Kier molecular flexibility index (Phi) is 9.95. The molecule has 0 aliphatic heterocycles. The Bertz CT molecular complexity index is 1230. The summed E-state index contributed by atoms with van der Waals surface area (Å²) in [7, 11) is 0. The van der Waals surface area contributed by atoms with Gasteiger partial charge in [-0.1, -0.05) is 98.2 Å². The van der Waals surface area contributed by atoms with E-state index in [0.717, 1.165) is 41.0 Å². The second kappa shape index (κ2) is 13.0. The average Bonchev–Trinajstić information content (AvgIpc) is 3.31. The number of aromatic nitrogens is 2. The van der Waals surface area contributed by atoms with E-state index in [9.17, 15) is 9.59 Å². The van der Waals surface area contributed by atoms with Gasteiger partial charge in [0, 0.05) is 23.7 Å². The highest BCUT2D eigenvalue weighted by Gasteiger charge is 2.24. The van der Waals surface area contributed by atoms with E-state index in [-0.39, 0.29) is 35.7 Å². The van der Waals surface area contributed by atoms with Gasteiger partial charge in [-0.3, -0.25) is 4.79 Å². The van der Waals surface area contributed by atoms with Crippen LogP contribution < -0.4 is 10.6 Å². The summed E-state index contributed by atoms with van der Waals surface area (Å²) in [6.07, 6.45) is 1.72. The van der Waals surface area contributed by atoms with Crippen LogP contribution >= 0.6 is 0 Å². The molecular weight excluding hydrogens is 486 g/mol. The lowest BCUT2D eigenvalue weighted by molar-refractivity contribution is -0.116. The predicted molar refractivity (Wildman–Crippen MR) is 161 cm³/mol. The summed E-state index contributed by atoms with van der Waals surface area (Å²) in [5.74, 6) is 0.822. The molecule has 2 aromatic carbocycles. The number of nitrogens with one attached hydrogen (secondary N) is 2. The van der Waals surface area contributed by atoms with Gasteiger partial charge in [-0.15, -0.1) is 0 Å². The van der Waals surface area contributed by atoms with Gasteiger partial charge in [-0.25, -0.2) is 9.48 Å². The minimum atomic E-state index is -0.264. The second-order valence-electron chi connectivity index (χ2n) is 11.8.